The molecule has 4 rings (SSSR count). The molecule has 2 heterocycles. The van der Waals surface area contributed by atoms with E-state index in [1.165, 1.54) is 27.1 Å². The average molecular weight is 330 g/mol. The number of aromatic nitrogens is 2. The normalized spacial score (nSPS) is 11.0. The zero-order valence-electron chi connectivity index (χ0n) is 13.5. The lowest BCUT2D eigenvalue weighted by Crippen LogP contribution is -2.01. The van der Waals surface area contributed by atoms with Crippen molar-refractivity contribution in [2.24, 2.45) is 0 Å². The predicted octanol–water partition coefficient (Wildman–Crippen LogP) is 5.63. The van der Waals surface area contributed by atoms with Crippen LogP contribution >= 0.6 is 11.8 Å². The van der Waals surface area contributed by atoms with Crippen molar-refractivity contribution in [1.82, 2.24) is 9.55 Å². The number of hydrogen-bond donors (Lipinski definition) is 0. The van der Waals surface area contributed by atoms with E-state index in [-0.39, 0.29) is 0 Å². The molecule has 3 heteroatoms. The number of pyridine rings is 1. The maximum atomic E-state index is 4.68. The Morgan fingerprint density at radius 2 is 1.62 bits per heavy atom. The number of aryl methyl sites for hydroxylation is 1. The summed E-state index contributed by atoms with van der Waals surface area (Å²) in [6.07, 6.45) is 1.95. The van der Waals surface area contributed by atoms with Crippen molar-refractivity contribution in [3.8, 4) is 5.82 Å². The van der Waals surface area contributed by atoms with Crippen molar-refractivity contribution in [2.75, 3.05) is 0 Å². The molecule has 0 unspecified atom stereocenters. The van der Waals surface area contributed by atoms with Crippen molar-refractivity contribution < 1.29 is 0 Å². The number of thioether (sulfide) groups is 1. The van der Waals surface area contributed by atoms with Gasteiger partial charge in [0.25, 0.3) is 0 Å². The zero-order chi connectivity index (χ0) is 16.4. The molecule has 0 N–H and O–H groups in total. The number of nitrogens with zero attached hydrogens (tertiary/aromatic N) is 2. The van der Waals surface area contributed by atoms with E-state index in [0.717, 1.165) is 11.6 Å². The summed E-state index contributed by atoms with van der Waals surface area (Å²) in [7, 11) is 0. The van der Waals surface area contributed by atoms with Crippen LogP contribution in [0.4, 0.5) is 0 Å². The van der Waals surface area contributed by atoms with Gasteiger partial charge in [-0.3, -0.25) is 4.57 Å². The van der Waals surface area contributed by atoms with Gasteiger partial charge in [-0.25, -0.2) is 4.98 Å². The largest absolute Gasteiger partial charge is 0.293 e. The molecule has 0 aliphatic heterocycles. The molecule has 0 saturated heterocycles. The molecule has 0 saturated carbocycles. The van der Waals surface area contributed by atoms with Crippen molar-refractivity contribution in [2.45, 2.75) is 17.7 Å². The SMILES string of the molecule is Cc1ccc(SCc2ccccc2)n1-c1cc2ccccc2cn1. The fraction of sp³-hybridized carbons (Fsp3) is 0.0952. The summed E-state index contributed by atoms with van der Waals surface area (Å²) in [5.74, 6) is 1.93. The third-order valence-corrected chi connectivity index (χ3v) is 5.21. The Hall–Kier alpha value is -2.52. The van der Waals surface area contributed by atoms with Gasteiger partial charge < -0.3 is 0 Å². The van der Waals surface area contributed by atoms with Gasteiger partial charge in [0.05, 0.1) is 5.03 Å². The lowest BCUT2D eigenvalue weighted by molar-refractivity contribution is 0.878. The van der Waals surface area contributed by atoms with Crippen LogP contribution in [-0.2, 0) is 5.75 Å². The minimum Gasteiger partial charge on any atom is -0.293 e. The van der Waals surface area contributed by atoms with Crippen LogP contribution in [0.15, 0.2) is 84.0 Å². The third-order valence-electron chi connectivity index (χ3n) is 4.12. The van der Waals surface area contributed by atoms with Crippen molar-refractivity contribution >= 4 is 22.5 Å². The first-order valence-electron chi connectivity index (χ1n) is 8.01. The molecule has 0 amide bonds. The molecule has 0 atom stereocenters. The molecule has 2 aromatic carbocycles. The van der Waals surface area contributed by atoms with E-state index in [4.69, 9.17) is 0 Å². The maximum Gasteiger partial charge on any atom is 0.138 e. The highest BCUT2D eigenvalue weighted by Gasteiger charge is 2.10. The highest BCUT2D eigenvalue weighted by molar-refractivity contribution is 7.98. The number of benzene rings is 2. The lowest BCUT2D eigenvalue weighted by atomic mass is 10.2. The maximum absolute atomic E-state index is 4.68. The average Bonchev–Trinajstić information content (AvgIpc) is 3.01. The van der Waals surface area contributed by atoms with Crippen molar-refractivity contribution in [3.05, 3.63) is 90.3 Å². The second kappa shape index (κ2) is 6.54. The van der Waals surface area contributed by atoms with Gasteiger partial charge in [0.15, 0.2) is 0 Å². The third kappa shape index (κ3) is 2.95. The van der Waals surface area contributed by atoms with Gasteiger partial charge >= 0.3 is 0 Å². The van der Waals surface area contributed by atoms with E-state index in [1.807, 2.05) is 24.0 Å². The van der Waals surface area contributed by atoms with Crippen LogP contribution in [0.3, 0.4) is 0 Å². The first-order chi connectivity index (χ1) is 11.8. The highest BCUT2D eigenvalue weighted by atomic mass is 32.2. The van der Waals surface area contributed by atoms with Gasteiger partial charge in [0, 0.05) is 23.0 Å². The van der Waals surface area contributed by atoms with Crippen LogP contribution in [0.1, 0.15) is 11.3 Å². The molecule has 0 fully saturated rings. The van der Waals surface area contributed by atoms with Crippen LogP contribution in [0.5, 0.6) is 0 Å². The van der Waals surface area contributed by atoms with E-state index in [9.17, 15) is 0 Å². The molecule has 4 aromatic rings. The predicted molar refractivity (Wildman–Crippen MR) is 102 cm³/mol. The van der Waals surface area contributed by atoms with Gasteiger partial charge in [-0.2, -0.15) is 0 Å². The minimum atomic E-state index is 0.956. The van der Waals surface area contributed by atoms with Gasteiger partial charge in [-0.1, -0.05) is 54.6 Å². The monoisotopic (exact) mass is 330 g/mol. The summed E-state index contributed by atoms with van der Waals surface area (Å²) in [6.45, 7) is 2.13. The molecule has 0 radical (unpaired) electrons. The molecule has 0 spiro atoms. The van der Waals surface area contributed by atoms with Crippen molar-refractivity contribution in [3.63, 3.8) is 0 Å². The van der Waals surface area contributed by atoms with Gasteiger partial charge in [0.2, 0.25) is 0 Å². The topological polar surface area (TPSA) is 17.8 Å². The molecule has 118 valence electrons. The van der Waals surface area contributed by atoms with Crippen LogP contribution in [0, 0.1) is 6.92 Å². The molecule has 0 bridgehead atoms. The quantitative estimate of drug-likeness (QED) is 0.452. The fourth-order valence-corrected chi connectivity index (χ4v) is 3.88. The summed E-state index contributed by atoms with van der Waals surface area (Å²) < 4.78 is 2.24. The standard InChI is InChI=1S/C21H18N2S/c1-16-11-12-21(24-15-17-7-3-2-4-8-17)23(16)20-13-18-9-5-6-10-19(18)14-22-20/h2-14H,15H2,1H3. The summed E-state index contributed by atoms with van der Waals surface area (Å²) in [4.78, 5) is 4.68. The van der Waals surface area contributed by atoms with Crippen molar-refractivity contribution in [1.29, 1.82) is 0 Å². The summed E-state index contributed by atoms with van der Waals surface area (Å²) in [6, 6.07) is 25.4. The van der Waals surface area contributed by atoms with E-state index >= 15 is 0 Å². The fourth-order valence-electron chi connectivity index (χ4n) is 2.85. The Morgan fingerprint density at radius 3 is 2.46 bits per heavy atom. The molecule has 0 aliphatic rings. The Labute approximate surface area is 146 Å². The summed E-state index contributed by atoms with van der Waals surface area (Å²) in [5.41, 5.74) is 2.53. The second-order valence-electron chi connectivity index (χ2n) is 5.81. The highest BCUT2D eigenvalue weighted by Crippen LogP contribution is 2.28. The second-order valence-corrected chi connectivity index (χ2v) is 6.81. The molecule has 2 aromatic heterocycles. The molecule has 24 heavy (non-hydrogen) atoms. The van der Waals surface area contributed by atoms with Gasteiger partial charge in [0.1, 0.15) is 5.82 Å². The molecular weight excluding hydrogens is 312 g/mol. The number of hydrogen-bond acceptors (Lipinski definition) is 2. The lowest BCUT2D eigenvalue weighted by Gasteiger charge is -2.11. The first kappa shape index (κ1) is 15.0. The van der Waals surface area contributed by atoms with E-state index < -0.39 is 0 Å². The van der Waals surface area contributed by atoms with Gasteiger partial charge in [-0.15, -0.1) is 11.8 Å². The summed E-state index contributed by atoms with van der Waals surface area (Å²) in [5, 5.41) is 3.61. The van der Waals surface area contributed by atoms with E-state index in [1.54, 1.807) is 0 Å². The Morgan fingerprint density at radius 1 is 0.875 bits per heavy atom. The van der Waals surface area contributed by atoms with E-state index in [0.29, 0.717) is 0 Å². The van der Waals surface area contributed by atoms with Crippen LogP contribution < -0.4 is 0 Å². The van der Waals surface area contributed by atoms with E-state index in [2.05, 4.69) is 83.2 Å². The smallest absolute Gasteiger partial charge is 0.138 e. The van der Waals surface area contributed by atoms with Crippen LogP contribution in [0.25, 0.3) is 16.6 Å². The minimum absolute atomic E-state index is 0.956. The Balaban J connectivity index is 1.68. The zero-order valence-corrected chi connectivity index (χ0v) is 14.3. The first-order valence-corrected chi connectivity index (χ1v) is 9.00. The number of rotatable bonds is 4. The van der Waals surface area contributed by atoms with Gasteiger partial charge in [-0.05, 0) is 36.1 Å². The molecule has 0 aliphatic carbocycles. The summed E-state index contributed by atoms with van der Waals surface area (Å²) >= 11 is 1.84. The Bertz CT molecular complexity index is 973. The van der Waals surface area contributed by atoms with Crippen LogP contribution in [-0.4, -0.2) is 9.55 Å². The van der Waals surface area contributed by atoms with Crippen LogP contribution in [0.2, 0.25) is 0 Å². The molecular formula is C21H18N2S. The number of fused-ring (bicyclic) bond motifs is 1. The molecule has 2 nitrogen and oxygen atoms in total. The Kier molecular flexibility index (Phi) is 4.09.